The molecule has 118 valence electrons. The van der Waals surface area contributed by atoms with Crippen LogP contribution in [-0.4, -0.2) is 23.4 Å². The molecular weight excluding hydrogens is 300 g/mol. The first-order chi connectivity index (χ1) is 10.2. The van der Waals surface area contributed by atoms with Gasteiger partial charge in [0.05, 0.1) is 12.1 Å². The second-order valence-electron chi connectivity index (χ2n) is 5.66. The number of amides is 1. The molecule has 4 nitrogen and oxygen atoms in total. The largest absolute Gasteiger partial charge is 0.467 e. The lowest BCUT2D eigenvalue weighted by atomic mass is 9.97. The van der Waals surface area contributed by atoms with Crippen molar-refractivity contribution in [3.8, 4) is 0 Å². The molecule has 2 N–H and O–H groups in total. The SMILES string of the molecule is CC1CC(c2ccccc2)CN1C(=O)c1coc(CN)c1.Cl. The van der Waals surface area contributed by atoms with Crippen molar-refractivity contribution in [2.75, 3.05) is 6.54 Å². The van der Waals surface area contributed by atoms with E-state index in [0.717, 1.165) is 13.0 Å². The van der Waals surface area contributed by atoms with Gasteiger partial charge in [0.25, 0.3) is 5.91 Å². The number of carbonyl (C=O) groups is 1. The predicted molar refractivity (Wildman–Crippen MR) is 88.1 cm³/mol. The van der Waals surface area contributed by atoms with Crippen LogP contribution in [0.3, 0.4) is 0 Å². The number of furan rings is 1. The van der Waals surface area contributed by atoms with Crippen LogP contribution in [0.25, 0.3) is 0 Å². The monoisotopic (exact) mass is 320 g/mol. The summed E-state index contributed by atoms with van der Waals surface area (Å²) < 4.78 is 5.27. The quantitative estimate of drug-likeness (QED) is 0.945. The molecule has 0 bridgehead atoms. The minimum absolute atomic E-state index is 0. The van der Waals surface area contributed by atoms with Crippen molar-refractivity contribution >= 4 is 18.3 Å². The van der Waals surface area contributed by atoms with Crippen LogP contribution < -0.4 is 5.73 Å². The average Bonchev–Trinajstić information content (AvgIpc) is 3.14. The van der Waals surface area contributed by atoms with Crippen molar-refractivity contribution in [1.29, 1.82) is 0 Å². The standard InChI is InChI=1S/C17H20N2O2.ClH/c1-12-7-14(13-5-3-2-4-6-13)10-19(12)17(20)15-8-16(9-18)21-11-15;/h2-6,8,11-12,14H,7,9-10,18H2,1H3;1H. The molecule has 0 spiro atoms. The molecule has 0 aliphatic carbocycles. The van der Waals surface area contributed by atoms with Gasteiger partial charge in [-0.05, 0) is 25.0 Å². The van der Waals surface area contributed by atoms with Crippen molar-refractivity contribution in [3.63, 3.8) is 0 Å². The fraction of sp³-hybridized carbons (Fsp3) is 0.353. The zero-order chi connectivity index (χ0) is 14.8. The summed E-state index contributed by atoms with van der Waals surface area (Å²) in [5.74, 6) is 1.08. The molecule has 1 saturated heterocycles. The summed E-state index contributed by atoms with van der Waals surface area (Å²) in [5, 5.41) is 0. The molecule has 0 radical (unpaired) electrons. The van der Waals surface area contributed by atoms with Crippen molar-refractivity contribution in [3.05, 3.63) is 59.5 Å². The Kier molecular flexibility index (Phi) is 5.27. The minimum Gasteiger partial charge on any atom is -0.467 e. The van der Waals surface area contributed by atoms with Crippen LogP contribution in [0.4, 0.5) is 0 Å². The highest BCUT2D eigenvalue weighted by Crippen LogP contribution is 2.32. The summed E-state index contributed by atoms with van der Waals surface area (Å²) in [7, 11) is 0. The van der Waals surface area contributed by atoms with Crippen LogP contribution in [0.1, 0.15) is 40.9 Å². The lowest BCUT2D eigenvalue weighted by Crippen LogP contribution is -2.33. The Labute approximate surface area is 136 Å². The first-order valence-corrected chi connectivity index (χ1v) is 7.32. The Balaban J connectivity index is 0.00000176. The maximum atomic E-state index is 12.6. The van der Waals surface area contributed by atoms with Gasteiger partial charge < -0.3 is 15.1 Å². The minimum atomic E-state index is 0. The maximum absolute atomic E-state index is 12.6. The number of likely N-dealkylation sites (tertiary alicyclic amines) is 1. The molecule has 2 atom stereocenters. The normalized spacial score (nSPS) is 20.7. The van der Waals surface area contributed by atoms with Crippen LogP contribution in [-0.2, 0) is 6.54 Å². The number of carbonyl (C=O) groups excluding carboxylic acids is 1. The van der Waals surface area contributed by atoms with Gasteiger partial charge in [0.1, 0.15) is 12.0 Å². The van der Waals surface area contributed by atoms with E-state index in [2.05, 4.69) is 19.1 Å². The van der Waals surface area contributed by atoms with Crippen molar-refractivity contribution in [2.45, 2.75) is 31.8 Å². The average molecular weight is 321 g/mol. The van der Waals surface area contributed by atoms with E-state index in [9.17, 15) is 4.79 Å². The molecule has 1 aromatic carbocycles. The van der Waals surface area contributed by atoms with Gasteiger partial charge in [-0.15, -0.1) is 12.4 Å². The first kappa shape index (κ1) is 16.6. The summed E-state index contributed by atoms with van der Waals surface area (Å²) in [6, 6.07) is 12.4. The van der Waals surface area contributed by atoms with Gasteiger partial charge in [-0.2, -0.15) is 0 Å². The molecule has 1 fully saturated rings. The molecule has 2 aromatic rings. The van der Waals surface area contributed by atoms with Crippen LogP contribution in [0, 0.1) is 0 Å². The highest BCUT2D eigenvalue weighted by molar-refractivity contribution is 5.94. The van der Waals surface area contributed by atoms with E-state index in [1.54, 1.807) is 6.07 Å². The molecule has 0 saturated carbocycles. The molecule has 1 amide bonds. The van der Waals surface area contributed by atoms with Gasteiger partial charge in [0.15, 0.2) is 0 Å². The highest BCUT2D eigenvalue weighted by Gasteiger charge is 2.34. The lowest BCUT2D eigenvalue weighted by Gasteiger charge is -2.20. The Morgan fingerprint density at radius 1 is 1.36 bits per heavy atom. The highest BCUT2D eigenvalue weighted by atomic mass is 35.5. The molecular formula is C17H21ClN2O2. The van der Waals surface area contributed by atoms with Crippen LogP contribution in [0.2, 0.25) is 0 Å². The van der Waals surface area contributed by atoms with E-state index in [1.165, 1.54) is 11.8 Å². The van der Waals surface area contributed by atoms with Gasteiger partial charge in [-0.1, -0.05) is 30.3 Å². The third-order valence-electron chi connectivity index (χ3n) is 4.21. The molecule has 5 heteroatoms. The third kappa shape index (κ3) is 3.18. The van der Waals surface area contributed by atoms with E-state index >= 15 is 0 Å². The summed E-state index contributed by atoms with van der Waals surface area (Å²) in [5.41, 5.74) is 7.42. The van der Waals surface area contributed by atoms with E-state index in [4.69, 9.17) is 10.2 Å². The van der Waals surface area contributed by atoms with Crippen LogP contribution >= 0.6 is 12.4 Å². The topological polar surface area (TPSA) is 59.5 Å². The first-order valence-electron chi connectivity index (χ1n) is 7.32. The molecule has 2 unspecified atom stereocenters. The molecule has 3 rings (SSSR count). The second-order valence-corrected chi connectivity index (χ2v) is 5.66. The van der Waals surface area contributed by atoms with E-state index in [1.807, 2.05) is 23.1 Å². The summed E-state index contributed by atoms with van der Waals surface area (Å²) in [6.07, 6.45) is 2.50. The fourth-order valence-corrected chi connectivity index (χ4v) is 3.05. The molecule has 1 aromatic heterocycles. The van der Waals surface area contributed by atoms with Gasteiger partial charge in [0, 0.05) is 18.5 Å². The molecule has 2 heterocycles. The number of halogens is 1. The zero-order valence-corrected chi connectivity index (χ0v) is 13.4. The number of nitrogens with two attached hydrogens (primary N) is 1. The Bertz CT molecular complexity index is 627. The Morgan fingerprint density at radius 3 is 2.73 bits per heavy atom. The van der Waals surface area contributed by atoms with E-state index in [0.29, 0.717) is 23.8 Å². The van der Waals surface area contributed by atoms with Gasteiger partial charge in [-0.25, -0.2) is 0 Å². The molecule has 1 aliphatic rings. The smallest absolute Gasteiger partial charge is 0.257 e. The number of benzene rings is 1. The lowest BCUT2D eigenvalue weighted by molar-refractivity contribution is 0.0745. The van der Waals surface area contributed by atoms with Crippen molar-refractivity contribution < 1.29 is 9.21 Å². The number of hydrogen-bond acceptors (Lipinski definition) is 3. The Hall–Kier alpha value is -1.78. The van der Waals surface area contributed by atoms with Gasteiger partial charge in [-0.3, -0.25) is 4.79 Å². The summed E-state index contributed by atoms with van der Waals surface area (Å²) >= 11 is 0. The van der Waals surface area contributed by atoms with E-state index < -0.39 is 0 Å². The van der Waals surface area contributed by atoms with Gasteiger partial charge >= 0.3 is 0 Å². The predicted octanol–water partition coefficient (Wildman–Crippen LogP) is 3.18. The van der Waals surface area contributed by atoms with Crippen molar-refractivity contribution in [1.82, 2.24) is 4.90 Å². The molecule has 22 heavy (non-hydrogen) atoms. The fourth-order valence-electron chi connectivity index (χ4n) is 3.05. The van der Waals surface area contributed by atoms with E-state index in [-0.39, 0.29) is 24.4 Å². The second kappa shape index (κ2) is 6.99. The van der Waals surface area contributed by atoms with Crippen molar-refractivity contribution in [2.24, 2.45) is 5.73 Å². The number of hydrogen-bond donors (Lipinski definition) is 1. The number of nitrogens with zero attached hydrogens (tertiary/aromatic N) is 1. The summed E-state index contributed by atoms with van der Waals surface area (Å²) in [6.45, 7) is 3.17. The third-order valence-corrected chi connectivity index (χ3v) is 4.21. The van der Waals surface area contributed by atoms with Gasteiger partial charge in [0.2, 0.25) is 0 Å². The van der Waals surface area contributed by atoms with Crippen LogP contribution in [0.5, 0.6) is 0 Å². The Morgan fingerprint density at radius 2 is 2.09 bits per heavy atom. The van der Waals surface area contributed by atoms with Crippen LogP contribution in [0.15, 0.2) is 47.1 Å². The zero-order valence-electron chi connectivity index (χ0n) is 12.6. The molecule has 1 aliphatic heterocycles. The number of rotatable bonds is 3. The maximum Gasteiger partial charge on any atom is 0.257 e. The summed E-state index contributed by atoms with van der Waals surface area (Å²) in [4.78, 5) is 14.5.